The van der Waals surface area contributed by atoms with Crippen LogP contribution in [0.1, 0.15) is 19.8 Å². The molecule has 0 amide bonds. The van der Waals surface area contributed by atoms with Gasteiger partial charge < -0.3 is 18.4 Å². The van der Waals surface area contributed by atoms with Crippen LogP contribution in [0.4, 0.5) is 0 Å². The molecule has 17 heavy (non-hydrogen) atoms. The molecule has 0 atom stereocenters. The van der Waals surface area contributed by atoms with Gasteiger partial charge in [0.1, 0.15) is 0 Å². The first-order valence-corrected chi connectivity index (χ1v) is 6.95. The second kappa shape index (κ2) is 10.2. The normalized spacial score (nSPS) is 11.6. The van der Waals surface area contributed by atoms with E-state index in [-0.39, 0.29) is 5.57 Å². The van der Waals surface area contributed by atoms with Gasteiger partial charge in [-0.15, -0.1) is 13.2 Å². The van der Waals surface area contributed by atoms with Gasteiger partial charge in [0, 0.05) is 26.9 Å². The van der Waals surface area contributed by atoms with Crippen LogP contribution in [0.15, 0.2) is 24.4 Å². The summed E-state index contributed by atoms with van der Waals surface area (Å²) in [7, 11) is 1.41. The van der Waals surface area contributed by atoms with Crippen LogP contribution in [0.2, 0.25) is 0 Å². The predicted octanol–water partition coefficient (Wildman–Crippen LogP) is 2.02. The monoisotopic (exact) mass is 262 g/mol. The first kappa shape index (κ1) is 18.4. The summed E-state index contributed by atoms with van der Waals surface area (Å²) >= 11 is 0. The second-order valence-electron chi connectivity index (χ2n) is 2.94. The van der Waals surface area contributed by atoms with Crippen molar-refractivity contribution in [3.05, 3.63) is 24.4 Å². The fraction of sp³-hybridized carbons (Fsp3) is 0.545. The number of aliphatic carboxylic acids is 1. The lowest BCUT2D eigenvalue weighted by Crippen LogP contribution is -2.41. The Hall–Kier alpha value is -0.953. The molecule has 0 aromatic carbocycles. The standard InChI is InChI=1S/C9H18O5Si.C2H4/c1-5-6-8(9(10)11)7-15(12-2,13-3)14-4;1-2/h7H,5-6H2,1-4H3,(H,10,11);1-2H2. The molecule has 1 N–H and O–H groups in total. The zero-order chi connectivity index (χ0) is 13.9. The van der Waals surface area contributed by atoms with Gasteiger partial charge in [0.05, 0.1) is 0 Å². The average molecular weight is 262 g/mol. The molecule has 0 bridgehead atoms. The Morgan fingerprint density at radius 2 is 1.65 bits per heavy atom. The van der Waals surface area contributed by atoms with Crippen molar-refractivity contribution in [1.82, 2.24) is 0 Å². The molecule has 0 heterocycles. The maximum atomic E-state index is 10.9. The Kier molecular flexibility index (Phi) is 11.1. The summed E-state index contributed by atoms with van der Waals surface area (Å²) in [4.78, 5) is 10.9. The third-order valence-electron chi connectivity index (χ3n) is 2.00. The van der Waals surface area contributed by atoms with Gasteiger partial charge in [0.25, 0.3) is 0 Å². The minimum atomic E-state index is -2.92. The van der Waals surface area contributed by atoms with E-state index < -0.39 is 14.8 Å². The molecule has 100 valence electrons. The molecule has 0 unspecified atom stereocenters. The first-order valence-electron chi connectivity index (χ1n) is 5.15. The summed E-state index contributed by atoms with van der Waals surface area (Å²) in [5, 5.41) is 8.94. The molecule has 6 heteroatoms. The molecule has 5 nitrogen and oxygen atoms in total. The van der Waals surface area contributed by atoms with Crippen molar-refractivity contribution in [3.63, 3.8) is 0 Å². The minimum absolute atomic E-state index is 0.273. The van der Waals surface area contributed by atoms with Gasteiger partial charge in [-0.05, 0) is 12.1 Å². The number of hydrogen-bond acceptors (Lipinski definition) is 4. The van der Waals surface area contributed by atoms with Crippen molar-refractivity contribution in [2.75, 3.05) is 21.3 Å². The number of carboxylic acid groups (broad SMARTS) is 1. The summed E-state index contributed by atoms with van der Waals surface area (Å²) in [6.07, 6.45) is 1.22. The van der Waals surface area contributed by atoms with Gasteiger partial charge in [-0.3, -0.25) is 0 Å². The van der Waals surface area contributed by atoms with E-state index in [1.807, 2.05) is 6.92 Å². The highest BCUT2D eigenvalue weighted by Crippen LogP contribution is 2.14. The molecule has 0 rings (SSSR count). The van der Waals surface area contributed by atoms with Crippen LogP contribution in [-0.4, -0.2) is 41.2 Å². The minimum Gasteiger partial charge on any atom is -0.478 e. The molecular formula is C11H22O5Si. The zero-order valence-corrected chi connectivity index (χ0v) is 12.0. The van der Waals surface area contributed by atoms with E-state index >= 15 is 0 Å². The molecule has 0 spiro atoms. The molecule has 0 fully saturated rings. The van der Waals surface area contributed by atoms with Crippen LogP contribution in [-0.2, 0) is 18.1 Å². The summed E-state index contributed by atoms with van der Waals surface area (Å²) in [5.41, 5.74) is 1.74. The maximum absolute atomic E-state index is 10.9. The molecule has 0 radical (unpaired) electrons. The van der Waals surface area contributed by atoms with E-state index in [1.54, 1.807) is 0 Å². The summed E-state index contributed by atoms with van der Waals surface area (Å²) in [6.45, 7) is 7.91. The summed E-state index contributed by atoms with van der Waals surface area (Å²) < 4.78 is 15.4. The Labute approximate surface area is 104 Å². The second-order valence-corrected chi connectivity index (χ2v) is 5.66. The van der Waals surface area contributed by atoms with E-state index in [2.05, 4.69) is 13.2 Å². The SMILES string of the molecule is C=C.CCCC(=C[Si](OC)(OC)OC)C(=O)O. The molecule has 0 aliphatic rings. The van der Waals surface area contributed by atoms with Crippen LogP contribution in [0.25, 0.3) is 0 Å². The molecule has 0 saturated carbocycles. The maximum Gasteiger partial charge on any atom is 0.529 e. The molecule has 0 aromatic rings. The number of carbonyl (C=O) groups is 1. The van der Waals surface area contributed by atoms with Crippen molar-refractivity contribution in [2.24, 2.45) is 0 Å². The van der Waals surface area contributed by atoms with Crippen molar-refractivity contribution < 1.29 is 23.2 Å². The lowest BCUT2D eigenvalue weighted by molar-refractivity contribution is -0.132. The Bertz CT molecular complexity index is 240. The quantitative estimate of drug-likeness (QED) is 0.432. The van der Waals surface area contributed by atoms with Gasteiger partial charge in [-0.1, -0.05) is 13.3 Å². The number of hydrogen-bond donors (Lipinski definition) is 1. The van der Waals surface area contributed by atoms with Crippen LogP contribution >= 0.6 is 0 Å². The van der Waals surface area contributed by atoms with Gasteiger partial charge in [-0.2, -0.15) is 0 Å². The van der Waals surface area contributed by atoms with E-state index in [1.165, 1.54) is 27.0 Å². The fourth-order valence-corrected chi connectivity index (χ4v) is 2.70. The lowest BCUT2D eigenvalue weighted by atomic mass is 10.2. The van der Waals surface area contributed by atoms with Crippen LogP contribution < -0.4 is 0 Å². The predicted molar refractivity (Wildman–Crippen MR) is 68.7 cm³/mol. The third-order valence-corrected chi connectivity index (χ3v) is 4.41. The Morgan fingerprint density at radius 1 is 1.24 bits per heavy atom. The van der Waals surface area contributed by atoms with Crippen LogP contribution in [0.5, 0.6) is 0 Å². The largest absolute Gasteiger partial charge is 0.529 e. The highest BCUT2D eigenvalue weighted by molar-refractivity contribution is 6.66. The van der Waals surface area contributed by atoms with Gasteiger partial charge in [-0.25, -0.2) is 4.79 Å². The van der Waals surface area contributed by atoms with Gasteiger partial charge in [0.15, 0.2) is 0 Å². The highest BCUT2D eigenvalue weighted by atomic mass is 28.4. The molecule has 0 saturated heterocycles. The smallest absolute Gasteiger partial charge is 0.478 e. The third kappa shape index (κ3) is 6.37. The lowest BCUT2D eigenvalue weighted by Gasteiger charge is -2.21. The summed E-state index contributed by atoms with van der Waals surface area (Å²) in [6, 6.07) is 0. The van der Waals surface area contributed by atoms with Gasteiger partial charge in [0.2, 0.25) is 0 Å². The fourth-order valence-electron chi connectivity index (χ4n) is 1.15. The number of carboxylic acids is 1. The van der Waals surface area contributed by atoms with Gasteiger partial charge >= 0.3 is 14.8 Å². The molecule has 0 aromatic heterocycles. The molecular weight excluding hydrogens is 240 g/mol. The van der Waals surface area contributed by atoms with E-state index in [4.69, 9.17) is 18.4 Å². The van der Waals surface area contributed by atoms with Crippen molar-refractivity contribution in [1.29, 1.82) is 0 Å². The molecule has 0 aliphatic heterocycles. The topological polar surface area (TPSA) is 65.0 Å². The van der Waals surface area contributed by atoms with E-state index in [9.17, 15) is 4.79 Å². The van der Waals surface area contributed by atoms with Crippen molar-refractivity contribution >= 4 is 14.8 Å². The summed E-state index contributed by atoms with van der Waals surface area (Å²) in [5.74, 6) is -0.958. The average Bonchev–Trinajstić information content (AvgIpc) is 2.37. The zero-order valence-electron chi connectivity index (χ0n) is 11.0. The Balaban J connectivity index is 0. The van der Waals surface area contributed by atoms with Crippen molar-refractivity contribution in [3.8, 4) is 0 Å². The van der Waals surface area contributed by atoms with Crippen LogP contribution in [0, 0.1) is 0 Å². The molecule has 0 aliphatic carbocycles. The van der Waals surface area contributed by atoms with E-state index in [0.29, 0.717) is 6.42 Å². The highest BCUT2D eigenvalue weighted by Gasteiger charge is 2.36. The van der Waals surface area contributed by atoms with E-state index in [0.717, 1.165) is 6.42 Å². The Morgan fingerprint density at radius 3 is 1.88 bits per heavy atom. The van der Waals surface area contributed by atoms with Crippen molar-refractivity contribution in [2.45, 2.75) is 19.8 Å². The first-order chi connectivity index (χ1) is 8.05. The number of rotatable bonds is 7. The van der Waals surface area contributed by atoms with Crippen LogP contribution in [0.3, 0.4) is 0 Å².